The molecule has 2 aromatic carbocycles. The minimum absolute atomic E-state index is 0.143. The number of nitrogens with zero attached hydrogens (tertiary/aromatic N) is 4. The van der Waals surface area contributed by atoms with Crippen molar-refractivity contribution in [1.82, 2.24) is 9.97 Å². The van der Waals surface area contributed by atoms with Gasteiger partial charge in [-0.1, -0.05) is 24.3 Å². The van der Waals surface area contributed by atoms with Gasteiger partial charge in [-0.2, -0.15) is 4.98 Å². The average Bonchev–Trinajstić information content (AvgIpc) is 2.67. The maximum absolute atomic E-state index is 11.9. The van der Waals surface area contributed by atoms with Gasteiger partial charge in [-0.15, -0.1) is 0 Å². The summed E-state index contributed by atoms with van der Waals surface area (Å²) in [6, 6.07) is 14.4. The number of nitrogens with two attached hydrogens (primary N) is 2. The topological polar surface area (TPSA) is 118 Å². The van der Waals surface area contributed by atoms with E-state index in [2.05, 4.69) is 14.9 Å². The molecule has 3 aromatic rings. The summed E-state index contributed by atoms with van der Waals surface area (Å²) < 4.78 is 23.7. The van der Waals surface area contributed by atoms with E-state index in [-0.39, 0.29) is 4.90 Å². The molecule has 0 radical (unpaired) electrons. The maximum Gasteiger partial charge on any atom is 0.240 e. The molecule has 8 nitrogen and oxygen atoms in total. The maximum atomic E-state index is 11.9. The van der Waals surface area contributed by atoms with Gasteiger partial charge in [-0.3, -0.25) is 0 Å². The summed E-state index contributed by atoms with van der Waals surface area (Å²) in [6.07, 6.45) is 0. The van der Waals surface area contributed by atoms with Crippen molar-refractivity contribution in [2.75, 3.05) is 41.7 Å². The Labute approximate surface area is 157 Å². The molecular formula is C18H20N6O2S. The molecule has 140 valence electrons. The number of benzene rings is 2. The smallest absolute Gasteiger partial charge is 0.240 e. The second-order valence-electron chi connectivity index (χ2n) is 6.41. The molecule has 27 heavy (non-hydrogen) atoms. The fraction of sp³-hybridized carbons (Fsp3) is 0.222. The molecule has 2 heterocycles. The molecule has 4 rings (SSSR count). The number of para-hydroxylation sites is 2. The van der Waals surface area contributed by atoms with Crippen molar-refractivity contribution >= 4 is 38.4 Å². The standard InChI is InChI=1S/C18H20N6O2S/c19-17-13-5-1-2-6-14(13)21-18(22-17)24-11-9-23(10-12-24)15-7-3-4-8-16(15)27(20,25)26/h1-8H,9-12H2,(H2,19,21,22)(H2,20,25,26). The van der Waals surface area contributed by atoms with Crippen LogP contribution < -0.4 is 20.7 Å². The van der Waals surface area contributed by atoms with Crippen LogP contribution in [0.5, 0.6) is 0 Å². The molecule has 1 aliphatic rings. The molecule has 0 spiro atoms. The number of primary sulfonamides is 1. The normalized spacial score (nSPS) is 15.3. The molecule has 0 amide bonds. The molecule has 9 heteroatoms. The Morgan fingerprint density at radius 2 is 1.48 bits per heavy atom. The van der Waals surface area contributed by atoms with Gasteiger partial charge in [-0.25, -0.2) is 18.5 Å². The van der Waals surface area contributed by atoms with E-state index in [0.717, 1.165) is 10.9 Å². The molecule has 0 unspecified atom stereocenters. The van der Waals surface area contributed by atoms with E-state index < -0.39 is 10.0 Å². The van der Waals surface area contributed by atoms with Crippen LogP contribution >= 0.6 is 0 Å². The zero-order valence-corrected chi connectivity index (χ0v) is 15.4. The summed E-state index contributed by atoms with van der Waals surface area (Å²) in [5.41, 5.74) is 7.51. The molecule has 1 aliphatic heterocycles. The highest BCUT2D eigenvalue weighted by Crippen LogP contribution is 2.27. The number of rotatable bonds is 3. The minimum Gasteiger partial charge on any atom is -0.383 e. The highest BCUT2D eigenvalue weighted by Gasteiger charge is 2.24. The third-order valence-corrected chi connectivity index (χ3v) is 5.65. The van der Waals surface area contributed by atoms with Crippen molar-refractivity contribution in [2.24, 2.45) is 5.14 Å². The summed E-state index contributed by atoms with van der Waals surface area (Å²) in [6.45, 7) is 2.55. The van der Waals surface area contributed by atoms with Gasteiger partial charge < -0.3 is 15.5 Å². The SMILES string of the molecule is Nc1nc(N2CCN(c3ccccc3S(N)(=O)=O)CC2)nc2ccccc12. The van der Waals surface area contributed by atoms with E-state index >= 15 is 0 Å². The largest absolute Gasteiger partial charge is 0.383 e. The van der Waals surface area contributed by atoms with E-state index in [4.69, 9.17) is 10.9 Å². The number of nitrogen functional groups attached to an aromatic ring is 1. The second-order valence-corrected chi connectivity index (χ2v) is 7.94. The number of hydrogen-bond acceptors (Lipinski definition) is 7. The van der Waals surface area contributed by atoms with Gasteiger partial charge in [0, 0.05) is 31.6 Å². The van der Waals surface area contributed by atoms with Crippen molar-refractivity contribution in [2.45, 2.75) is 4.90 Å². The number of fused-ring (bicyclic) bond motifs is 1. The lowest BCUT2D eigenvalue weighted by atomic mass is 10.2. The fourth-order valence-corrected chi connectivity index (χ4v) is 4.09. The lowest BCUT2D eigenvalue weighted by molar-refractivity contribution is 0.595. The van der Waals surface area contributed by atoms with Crippen molar-refractivity contribution in [3.8, 4) is 0 Å². The first-order chi connectivity index (χ1) is 12.9. The van der Waals surface area contributed by atoms with Gasteiger partial charge in [0.15, 0.2) is 0 Å². The van der Waals surface area contributed by atoms with Crippen LogP contribution in [0.1, 0.15) is 0 Å². The first-order valence-electron chi connectivity index (χ1n) is 8.57. The molecule has 1 aromatic heterocycles. The Morgan fingerprint density at radius 1 is 0.852 bits per heavy atom. The van der Waals surface area contributed by atoms with E-state index in [1.165, 1.54) is 6.07 Å². The highest BCUT2D eigenvalue weighted by atomic mass is 32.2. The number of aromatic nitrogens is 2. The second kappa shape index (κ2) is 6.67. The Kier molecular flexibility index (Phi) is 4.33. The van der Waals surface area contributed by atoms with E-state index in [1.54, 1.807) is 12.1 Å². The minimum atomic E-state index is -3.77. The molecule has 0 aliphatic carbocycles. The predicted octanol–water partition coefficient (Wildman–Crippen LogP) is 1.19. The molecule has 0 saturated carbocycles. The lowest BCUT2D eigenvalue weighted by Crippen LogP contribution is -2.47. The van der Waals surface area contributed by atoms with Gasteiger partial charge >= 0.3 is 0 Å². The Morgan fingerprint density at radius 3 is 2.22 bits per heavy atom. The quantitative estimate of drug-likeness (QED) is 0.696. The van der Waals surface area contributed by atoms with Gasteiger partial charge in [0.25, 0.3) is 0 Å². The first-order valence-corrected chi connectivity index (χ1v) is 10.1. The number of anilines is 3. The van der Waals surface area contributed by atoms with E-state index in [1.807, 2.05) is 35.2 Å². The molecule has 4 N–H and O–H groups in total. The molecule has 0 bridgehead atoms. The van der Waals surface area contributed by atoms with E-state index in [9.17, 15) is 8.42 Å². The molecule has 1 fully saturated rings. The van der Waals surface area contributed by atoms with Crippen LogP contribution in [-0.2, 0) is 10.0 Å². The summed E-state index contributed by atoms with van der Waals surface area (Å²) in [7, 11) is -3.77. The van der Waals surface area contributed by atoms with Crippen molar-refractivity contribution in [1.29, 1.82) is 0 Å². The van der Waals surface area contributed by atoms with Gasteiger partial charge in [0.05, 0.1) is 11.2 Å². The monoisotopic (exact) mass is 384 g/mol. The first kappa shape index (κ1) is 17.5. The highest BCUT2D eigenvalue weighted by molar-refractivity contribution is 7.89. The average molecular weight is 384 g/mol. The van der Waals surface area contributed by atoms with E-state index in [0.29, 0.717) is 43.6 Å². The summed E-state index contributed by atoms with van der Waals surface area (Å²) in [5, 5.41) is 6.19. The van der Waals surface area contributed by atoms with Crippen LogP contribution in [0.4, 0.5) is 17.5 Å². The molecule has 1 saturated heterocycles. The summed E-state index contributed by atoms with van der Waals surface area (Å²) in [4.78, 5) is 13.3. The molecule has 0 atom stereocenters. The molecular weight excluding hydrogens is 364 g/mol. The van der Waals surface area contributed by atoms with Gasteiger partial charge in [0.1, 0.15) is 10.7 Å². The van der Waals surface area contributed by atoms with Gasteiger partial charge in [0.2, 0.25) is 16.0 Å². The van der Waals surface area contributed by atoms with Crippen molar-refractivity contribution < 1.29 is 8.42 Å². The fourth-order valence-electron chi connectivity index (χ4n) is 3.34. The number of piperazine rings is 1. The van der Waals surface area contributed by atoms with Crippen LogP contribution in [0.2, 0.25) is 0 Å². The summed E-state index contributed by atoms with van der Waals surface area (Å²) >= 11 is 0. The third kappa shape index (κ3) is 3.38. The number of hydrogen-bond donors (Lipinski definition) is 2. The summed E-state index contributed by atoms with van der Waals surface area (Å²) in [5.74, 6) is 1.04. The van der Waals surface area contributed by atoms with Crippen LogP contribution in [0, 0.1) is 0 Å². The Bertz CT molecular complexity index is 1090. The third-order valence-electron chi connectivity index (χ3n) is 4.70. The zero-order valence-electron chi connectivity index (χ0n) is 14.6. The van der Waals surface area contributed by atoms with Crippen LogP contribution in [0.3, 0.4) is 0 Å². The lowest BCUT2D eigenvalue weighted by Gasteiger charge is -2.36. The van der Waals surface area contributed by atoms with Crippen LogP contribution in [-0.4, -0.2) is 44.6 Å². The van der Waals surface area contributed by atoms with Crippen LogP contribution in [0.15, 0.2) is 53.4 Å². The van der Waals surface area contributed by atoms with Crippen molar-refractivity contribution in [3.05, 3.63) is 48.5 Å². The Balaban J connectivity index is 1.57. The predicted molar refractivity (Wildman–Crippen MR) is 106 cm³/mol. The zero-order chi connectivity index (χ0) is 19.0. The van der Waals surface area contributed by atoms with Crippen LogP contribution in [0.25, 0.3) is 10.9 Å². The Hall–Kier alpha value is -2.91. The number of sulfonamides is 1. The van der Waals surface area contributed by atoms with Crippen molar-refractivity contribution in [3.63, 3.8) is 0 Å². The van der Waals surface area contributed by atoms with Gasteiger partial charge in [-0.05, 0) is 24.3 Å².